The van der Waals surface area contributed by atoms with E-state index < -0.39 is 11.7 Å². The predicted octanol–water partition coefficient (Wildman–Crippen LogP) is -0.139. The van der Waals surface area contributed by atoms with Crippen molar-refractivity contribution in [2.75, 3.05) is 12.4 Å². The third kappa shape index (κ3) is 2.80. The number of aromatic carboxylic acids is 1. The van der Waals surface area contributed by atoms with Crippen molar-refractivity contribution in [2.24, 2.45) is 0 Å². The van der Waals surface area contributed by atoms with Gasteiger partial charge in [-0.25, -0.2) is 9.59 Å². The number of rotatable bonds is 4. The minimum atomic E-state index is -1.14. The van der Waals surface area contributed by atoms with Gasteiger partial charge in [0.2, 0.25) is 0 Å². The third-order valence-electron chi connectivity index (χ3n) is 1.63. The molecule has 1 aromatic rings. The Morgan fingerprint density at radius 2 is 2.27 bits per heavy atom. The van der Waals surface area contributed by atoms with Crippen LogP contribution in [0, 0.1) is 6.92 Å². The fraction of sp³-hybridized carbons (Fsp3) is 0.375. The first-order chi connectivity index (χ1) is 7.06. The zero-order valence-corrected chi connectivity index (χ0v) is 8.80. The number of hydrogen-bond donors (Lipinski definition) is 3. The number of nitrogens with one attached hydrogen (secondary N) is 1. The summed E-state index contributed by atoms with van der Waals surface area (Å²) in [5.41, 5.74) is -0.339. The van der Waals surface area contributed by atoms with E-state index in [1.54, 1.807) is 0 Å². The molecule has 0 radical (unpaired) electrons. The Kier molecular flexibility index (Phi) is 3.87. The number of aryl methyl sites for hydroxylation is 1. The molecule has 3 N–H and O–H groups in total. The topological polar surface area (TPSA) is 103 Å². The minimum absolute atomic E-state index is 0.0203. The number of hydrogen-bond acceptors (Lipinski definition) is 5. The Bertz CT molecular complexity index is 429. The predicted molar refractivity (Wildman–Crippen MR) is 54.4 cm³/mol. The average molecular weight is 230 g/mol. The quantitative estimate of drug-likeness (QED) is 0.491. The van der Waals surface area contributed by atoms with Crippen LogP contribution in [-0.4, -0.2) is 38.5 Å². The zero-order chi connectivity index (χ0) is 11.4. The summed E-state index contributed by atoms with van der Waals surface area (Å²) >= 11 is 1.04. The first-order valence-corrected chi connectivity index (χ1v) is 5.12. The van der Waals surface area contributed by atoms with Crippen molar-refractivity contribution in [3.8, 4) is 0 Å². The molecule has 0 saturated carbocycles. The number of carbonyl (C=O) groups is 1. The molecule has 0 bridgehead atoms. The van der Waals surface area contributed by atoms with E-state index in [1.807, 2.05) is 0 Å². The number of aliphatic hydroxyl groups excluding tert-OH is 1. The van der Waals surface area contributed by atoms with E-state index in [9.17, 15) is 9.59 Å². The molecule has 0 saturated heterocycles. The molecule has 6 nitrogen and oxygen atoms in total. The Morgan fingerprint density at radius 3 is 2.80 bits per heavy atom. The van der Waals surface area contributed by atoms with Crippen molar-refractivity contribution in [3.63, 3.8) is 0 Å². The Labute approximate surface area is 89.4 Å². The lowest BCUT2D eigenvalue weighted by atomic mass is 10.2. The molecule has 82 valence electrons. The van der Waals surface area contributed by atoms with Crippen molar-refractivity contribution < 1.29 is 15.0 Å². The van der Waals surface area contributed by atoms with Crippen molar-refractivity contribution >= 4 is 17.7 Å². The number of aromatic amines is 1. The fourth-order valence-corrected chi connectivity index (χ4v) is 1.87. The molecule has 0 atom stereocenters. The largest absolute Gasteiger partial charge is 0.478 e. The SMILES string of the molecule is Cc1[nH]c(=O)nc(SCCO)c1C(=O)O. The summed E-state index contributed by atoms with van der Waals surface area (Å²) in [6.07, 6.45) is 0. The molecule has 0 fully saturated rings. The molecule has 7 heteroatoms. The van der Waals surface area contributed by atoms with Gasteiger partial charge in [0, 0.05) is 11.4 Å². The summed E-state index contributed by atoms with van der Waals surface area (Å²) in [6, 6.07) is 0. The molecule has 1 heterocycles. The van der Waals surface area contributed by atoms with Gasteiger partial charge in [-0.05, 0) is 6.92 Å². The van der Waals surface area contributed by atoms with Crippen LogP contribution in [0.25, 0.3) is 0 Å². The molecule has 0 amide bonds. The summed E-state index contributed by atoms with van der Waals surface area (Å²) in [7, 11) is 0. The monoisotopic (exact) mass is 230 g/mol. The van der Waals surface area contributed by atoms with Crippen LogP contribution in [-0.2, 0) is 0 Å². The lowest BCUT2D eigenvalue weighted by molar-refractivity contribution is 0.0690. The van der Waals surface area contributed by atoms with Crippen molar-refractivity contribution in [1.29, 1.82) is 0 Å². The molecule has 0 aromatic carbocycles. The van der Waals surface area contributed by atoms with E-state index in [-0.39, 0.29) is 22.9 Å². The van der Waals surface area contributed by atoms with Crippen LogP contribution in [0.15, 0.2) is 9.82 Å². The van der Waals surface area contributed by atoms with Gasteiger partial charge in [-0.15, -0.1) is 11.8 Å². The maximum absolute atomic E-state index is 11.0. The smallest absolute Gasteiger partial charge is 0.346 e. The lowest BCUT2D eigenvalue weighted by Gasteiger charge is -2.05. The van der Waals surface area contributed by atoms with Gasteiger partial charge in [0.1, 0.15) is 10.6 Å². The molecule has 1 rings (SSSR count). The van der Waals surface area contributed by atoms with Crippen molar-refractivity contribution in [1.82, 2.24) is 9.97 Å². The van der Waals surface area contributed by atoms with Gasteiger partial charge >= 0.3 is 11.7 Å². The van der Waals surface area contributed by atoms with E-state index in [0.717, 1.165) is 11.8 Å². The number of carboxylic acid groups (broad SMARTS) is 1. The standard InChI is InChI=1S/C8H10N2O4S/c1-4-5(7(12)13)6(15-3-2-11)10-8(14)9-4/h11H,2-3H2,1H3,(H,12,13)(H,9,10,14). The van der Waals surface area contributed by atoms with Gasteiger partial charge in [0.25, 0.3) is 0 Å². The van der Waals surface area contributed by atoms with Gasteiger partial charge in [-0.1, -0.05) is 0 Å². The van der Waals surface area contributed by atoms with Gasteiger partial charge < -0.3 is 15.2 Å². The highest BCUT2D eigenvalue weighted by Crippen LogP contribution is 2.20. The van der Waals surface area contributed by atoms with E-state index in [1.165, 1.54) is 6.92 Å². The van der Waals surface area contributed by atoms with E-state index in [4.69, 9.17) is 10.2 Å². The summed E-state index contributed by atoms with van der Waals surface area (Å²) in [5, 5.41) is 17.6. The average Bonchev–Trinajstić information content (AvgIpc) is 2.12. The zero-order valence-electron chi connectivity index (χ0n) is 7.98. The van der Waals surface area contributed by atoms with Gasteiger partial charge in [-0.3, -0.25) is 0 Å². The molecular formula is C8H10N2O4S. The first-order valence-electron chi connectivity index (χ1n) is 4.14. The second-order valence-corrected chi connectivity index (χ2v) is 3.81. The number of carboxylic acids is 1. The summed E-state index contributed by atoms with van der Waals surface area (Å²) in [6.45, 7) is 1.40. The summed E-state index contributed by atoms with van der Waals surface area (Å²) in [4.78, 5) is 27.8. The molecule has 0 aliphatic heterocycles. The van der Waals surface area contributed by atoms with Crippen LogP contribution in [0.3, 0.4) is 0 Å². The molecule has 0 aliphatic rings. The van der Waals surface area contributed by atoms with Crippen LogP contribution in [0.4, 0.5) is 0 Å². The van der Waals surface area contributed by atoms with Gasteiger partial charge in [0.15, 0.2) is 0 Å². The normalized spacial score (nSPS) is 10.3. The van der Waals surface area contributed by atoms with Crippen LogP contribution in [0.1, 0.15) is 16.1 Å². The Balaban J connectivity index is 3.21. The number of H-pyrrole nitrogens is 1. The first kappa shape index (κ1) is 11.7. The molecule has 15 heavy (non-hydrogen) atoms. The molecule has 0 spiro atoms. The number of nitrogens with zero attached hydrogens (tertiary/aromatic N) is 1. The summed E-state index contributed by atoms with van der Waals surface area (Å²) in [5.74, 6) is -0.840. The fourth-order valence-electron chi connectivity index (χ4n) is 1.06. The highest BCUT2D eigenvalue weighted by molar-refractivity contribution is 7.99. The van der Waals surface area contributed by atoms with Crippen LogP contribution in [0.2, 0.25) is 0 Å². The van der Waals surface area contributed by atoms with Crippen molar-refractivity contribution in [2.45, 2.75) is 11.9 Å². The molecular weight excluding hydrogens is 220 g/mol. The summed E-state index contributed by atoms with van der Waals surface area (Å²) < 4.78 is 0. The molecule has 1 aromatic heterocycles. The van der Waals surface area contributed by atoms with Crippen LogP contribution < -0.4 is 5.69 Å². The number of aromatic nitrogens is 2. The number of thioether (sulfide) groups is 1. The van der Waals surface area contributed by atoms with Crippen LogP contribution in [0.5, 0.6) is 0 Å². The Morgan fingerprint density at radius 1 is 1.60 bits per heavy atom. The second-order valence-electron chi connectivity index (χ2n) is 2.72. The molecule has 0 aliphatic carbocycles. The van der Waals surface area contributed by atoms with Gasteiger partial charge in [-0.2, -0.15) is 4.98 Å². The van der Waals surface area contributed by atoms with Crippen LogP contribution >= 0.6 is 11.8 Å². The second kappa shape index (κ2) is 4.94. The van der Waals surface area contributed by atoms with E-state index in [0.29, 0.717) is 5.75 Å². The van der Waals surface area contributed by atoms with Crippen molar-refractivity contribution in [3.05, 3.63) is 21.7 Å². The van der Waals surface area contributed by atoms with Gasteiger partial charge in [0.05, 0.1) is 6.61 Å². The molecule has 0 unspecified atom stereocenters. The highest BCUT2D eigenvalue weighted by atomic mass is 32.2. The maximum atomic E-state index is 11.0. The Hall–Kier alpha value is -1.34. The minimum Gasteiger partial charge on any atom is -0.478 e. The van der Waals surface area contributed by atoms with E-state index >= 15 is 0 Å². The lowest BCUT2D eigenvalue weighted by Crippen LogP contribution is -2.18. The van der Waals surface area contributed by atoms with E-state index in [2.05, 4.69) is 9.97 Å². The number of aliphatic hydroxyl groups is 1. The highest BCUT2D eigenvalue weighted by Gasteiger charge is 2.16. The maximum Gasteiger partial charge on any atom is 0.346 e. The third-order valence-corrected chi connectivity index (χ3v) is 2.59.